The van der Waals surface area contributed by atoms with Gasteiger partial charge >= 0.3 is 0 Å². The van der Waals surface area contributed by atoms with Crippen LogP contribution in [-0.2, 0) is 12.8 Å². The van der Waals surface area contributed by atoms with Gasteiger partial charge < -0.3 is 0 Å². The summed E-state index contributed by atoms with van der Waals surface area (Å²) in [5.41, 5.74) is 2.97. The Morgan fingerprint density at radius 3 is 1.32 bits per heavy atom. The minimum absolute atomic E-state index is 0.706. The number of benzene rings is 2. The molecule has 2 aromatic carbocycles. The molecule has 2 atom stereocenters. The average molecular weight is 355 g/mol. The van der Waals surface area contributed by atoms with Gasteiger partial charge in [0.25, 0.3) is 0 Å². The molecular formula is C24H34S. The smallest absolute Gasteiger partial charge is 0.0154 e. The van der Waals surface area contributed by atoms with Crippen LogP contribution in [0.4, 0.5) is 0 Å². The maximum Gasteiger partial charge on any atom is 0.0154 e. The molecule has 0 N–H and O–H groups in total. The third-order valence-electron chi connectivity index (χ3n) is 5.53. The highest BCUT2D eigenvalue weighted by Gasteiger charge is 2.14. The summed E-state index contributed by atoms with van der Waals surface area (Å²) in [5.74, 6) is 2.85. The van der Waals surface area contributed by atoms with Crippen molar-refractivity contribution in [3.8, 4) is 0 Å². The lowest BCUT2D eigenvalue weighted by Crippen LogP contribution is -2.09. The topological polar surface area (TPSA) is 0 Å². The van der Waals surface area contributed by atoms with Crippen molar-refractivity contribution in [2.45, 2.75) is 64.2 Å². The number of hydrogen-bond donors (Lipinski definition) is 0. The van der Waals surface area contributed by atoms with Crippen LogP contribution in [0.5, 0.6) is 0 Å². The summed E-state index contributed by atoms with van der Waals surface area (Å²) in [4.78, 5) is 2.83. The molecular weight excluding hydrogens is 320 g/mol. The molecule has 0 fully saturated rings. The van der Waals surface area contributed by atoms with E-state index in [1.165, 1.54) is 20.9 Å². The maximum absolute atomic E-state index is 2.37. The van der Waals surface area contributed by atoms with E-state index < -0.39 is 0 Å². The van der Waals surface area contributed by atoms with Gasteiger partial charge in [-0.05, 0) is 59.8 Å². The summed E-state index contributed by atoms with van der Waals surface area (Å²) in [6.07, 6.45) is 2.32. The Kier molecular flexibility index (Phi) is 7.62. The van der Waals surface area contributed by atoms with Crippen molar-refractivity contribution in [2.75, 3.05) is 0 Å². The van der Waals surface area contributed by atoms with E-state index in [1.54, 1.807) is 0 Å². The molecule has 136 valence electrons. The fourth-order valence-electron chi connectivity index (χ4n) is 2.83. The normalized spacial score (nSPS) is 14.1. The van der Waals surface area contributed by atoms with Crippen molar-refractivity contribution in [2.24, 2.45) is 23.7 Å². The van der Waals surface area contributed by atoms with Gasteiger partial charge in [0.2, 0.25) is 0 Å². The Labute approximate surface area is 159 Å². The van der Waals surface area contributed by atoms with E-state index >= 15 is 0 Å². The molecule has 0 saturated carbocycles. The van der Waals surface area contributed by atoms with Crippen LogP contribution in [0.15, 0.2) is 58.3 Å². The molecule has 0 aliphatic carbocycles. The lowest BCUT2D eigenvalue weighted by Gasteiger charge is -2.20. The van der Waals surface area contributed by atoms with Gasteiger partial charge in [-0.3, -0.25) is 0 Å². The molecule has 0 aliphatic heterocycles. The maximum atomic E-state index is 2.37. The molecule has 0 heterocycles. The Morgan fingerprint density at radius 2 is 0.960 bits per heavy atom. The number of hydrogen-bond acceptors (Lipinski definition) is 1. The molecule has 0 amide bonds. The zero-order valence-corrected chi connectivity index (χ0v) is 17.6. The van der Waals surface area contributed by atoms with Gasteiger partial charge in [0.05, 0.1) is 0 Å². The van der Waals surface area contributed by atoms with Crippen LogP contribution in [-0.4, -0.2) is 0 Å². The summed E-state index contributed by atoms with van der Waals surface area (Å²) < 4.78 is 0. The quantitative estimate of drug-likeness (QED) is 0.472. The average Bonchev–Trinajstić information content (AvgIpc) is 2.58. The molecule has 25 heavy (non-hydrogen) atoms. The van der Waals surface area contributed by atoms with Crippen LogP contribution in [0.2, 0.25) is 0 Å². The van der Waals surface area contributed by atoms with E-state index in [1.807, 2.05) is 11.8 Å². The van der Waals surface area contributed by atoms with Crippen LogP contribution < -0.4 is 0 Å². The van der Waals surface area contributed by atoms with Crippen molar-refractivity contribution in [1.82, 2.24) is 0 Å². The highest BCUT2D eigenvalue weighted by atomic mass is 32.2. The Bertz CT molecular complexity index is 599. The Morgan fingerprint density at radius 1 is 0.600 bits per heavy atom. The molecule has 0 saturated heterocycles. The van der Waals surface area contributed by atoms with Crippen LogP contribution in [0.1, 0.15) is 52.7 Å². The van der Waals surface area contributed by atoms with Crippen LogP contribution >= 0.6 is 11.8 Å². The summed E-state index contributed by atoms with van der Waals surface area (Å²) in [6.45, 7) is 14.0. The molecule has 0 unspecified atom stereocenters. The van der Waals surface area contributed by atoms with Gasteiger partial charge in [0, 0.05) is 9.79 Å². The zero-order valence-electron chi connectivity index (χ0n) is 16.8. The fraction of sp³-hybridized carbons (Fsp3) is 0.500. The van der Waals surface area contributed by atoms with E-state index in [9.17, 15) is 0 Å². The van der Waals surface area contributed by atoms with Gasteiger partial charge in [-0.1, -0.05) is 89.7 Å². The van der Waals surface area contributed by atoms with Gasteiger partial charge in [-0.15, -0.1) is 0 Å². The molecule has 0 spiro atoms. The third kappa shape index (κ3) is 5.92. The first-order valence-electron chi connectivity index (χ1n) is 9.72. The molecule has 2 aromatic rings. The predicted molar refractivity (Wildman–Crippen MR) is 112 cm³/mol. The first-order valence-corrected chi connectivity index (χ1v) is 10.5. The lowest BCUT2D eigenvalue weighted by molar-refractivity contribution is 0.415. The molecule has 0 aromatic heterocycles. The van der Waals surface area contributed by atoms with E-state index in [-0.39, 0.29) is 0 Å². The minimum Gasteiger partial charge on any atom is -0.0895 e. The molecule has 0 bridgehead atoms. The highest BCUT2D eigenvalue weighted by molar-refractivity contribution is 7.99. The second kappa shape index (κ2) is 9.48. The summed E-state index contributed by atoms with van der Waals surface area (Å²) in [5, 5.41) is 0. The van der Waals surface area contributed by atoms with Crippen molar-refractivity contribution in [3.63, 3.8) is 0 Å². The predicted octanol–water partition coefficient (Wildman–Crippen LogP) is 7.51. The number of rotatable bonds is 8. The monoisotopic (exact) mass is 354 g/mol. The Hall–Kier alpha value is -1.21. The lowest BCUT2D eigenvalue weighted by atomic mass is 9.91. The largest absolute Gasteiger partial charge is 0.0895 e. The fourth-order valence-corrected chi connectivity index (χ4v) is 3.92. The standard InChI is InChI=1S/C24H34S/c1-17(2)19(5)15-21-11-7-9-13-23(21)25-24-14-10-8-12-22(24)16-20(6)18(3)4/h7-14,17-20H,15-16H2,1-6H3/t19-,20-/m0/s1. The molecule has 2 rings (SSSR count). The van der Waals surface area contributed by atoms with E-state index in [4.69, 9.17) is 0 Å². The highest BCUT2D eigenvalue weighted by Crippen LogP contribution is 2.35. The SMILES string of the molecule is CC(C)[C@@H](C)Cc1ccccc1Sc1ccccc1C[C@H](C)C(C)C. The van der Waals surface area contributed by atoms with Crippen molar-refractivity contribution >= 4 is 11.8 Å². The van der Waals surface area contributed by atoms with Crippen molar-refractivity contribution < 1.29 is 0 Å². The van der Waals surface area contributed by atoms with Gasteiger partial charge in [-0.25, -0.2) is 0 Å². The van der Waals surface area contributed by atoms with Gasteiger partial charge in [-0.2, -0.15) is 0 Å². The summed E-state index contributed by atoms with van der Waals surface area (Å²) in [7, 11) is 0. The molecule has 0 radical (unpaired) electrons. The first-order chi connectivity index (χ1) is 11.9. The molecule has 1 heteroatoms. The Balaban J connectivity index is 2.23. The van der Waals surface area contributed by atoms with Gasteiger partial charge in [0.1, 0.15) is 0 Å². The van der Waals surface area contributed by atoms with Crippen LogP contribution in [0.25, 0.3) is 0 Å². The van der Waals surface area contributed by atoms with Crippen LogP contribution in [0, 0.1) is 23.7 Å². The molecule has 0 aliphatic rings. The minimum atomic E-state index is 0.706. The van der Waals surface area contributed by atoms with E-state index in [0.29, 0.717) is 11.8 Å². The second-order valence-electron chi connectivity index (χ2n) is 8.17. The zero-order chi connectivity index (χ0) is 18.4. The van der Waals surface area contributed by atoms with Gasteiger partial charge in [0.15, 0.2) is 0 Å². The first kappa shape index (κ1) is 20.1. The van der Waals surface area contributed by atoms with E-state index in [2.05, 4.69) is 90.1 Å². The van der Waals surface area contributed by atoms with Crippen molar-refractivity contribution in [1.29, 1.82) is 0 Å². The molecule has 0 nitrogen and oxygen atoms in total. The second-order valence-corrected chi connectivity index (χ2v) is 9.25. The summed E-state index contributed by atoms with van der Waals surface area (Å²) >= 11 is 1.95. The van der Waals surface area contributed by atoms with Crippen molar-refractivity contribution in [3.05, 3.63) is 59.7 Å². The van der Waals surface area contributed by atoms with Crippen LogP contribution in [0.3, 0.4) is 0 Å². The van der Waals surface area contributed by atoms with E-state index in [0.717, 1.165) is 24.7 Å². The summed E-state index contributed by atoms with van der Waals surface area (Å²) in [6, 6.07) is 17.9. The third-order valence-corrected chi connectivity index (χ3v) is 6.76.